The zero-order chi connectivity index (χ0) is 8.69. The number of methoxy groups -OCH3 is 2. The van der Waals surface area contributed by atoms with E-state index in [2.05, 4.69) is 21.4 Å². The van der Waals surface area contributed by atoms with Gasteiger partial charge in [0.15, 0.2) is 0 Å². The van der Waals surface area contributed by atoms with Crippen LogP contribution < -0.4 is 5.32 Å². The summed E-state index contributed by atoms with van der Waals surface area (Å²) in [4.78, 5) is 11.0. The molecule has 0 aliphatic heterocycles. The van der Waals surface area contributed by atoms with Gasteiger partial charge in [0.2, 0.25) is 6.29 Å². The molecule has 4 nitrogen and oxygen atoms in total. The van der Waals surface area contributed by atoms with E-state index in [0.717, 1.165) is 0 Å². The Morgan fingerprint density at radius 3 is 2.55 bits per heavy atom. The zero-order valence-electron chi connectivity index (χ0n) is 6.79. The van der Waals surface area contributed by atoms with Gasteiger partial charge in [-0.05, 0) is 0 Å². The van der Waals surface area contributed by atoms with Crippen molar-refractivity contribution < 1.29 is 14.3 Å². The molecular weight excluding hydrogens is 146 g/mol. The van der Waals surface area contributed by atoms with Crippen molar-refractivity contribution in [3.63, 3.8) is 0 Å². The van der Waals surface area contributed by atoms with Crippen LogP contribution in [0.25, 0.3) is 0 Å². The molecule has 0 rings (SSSR count). The van der Waals surface area contributed by atoms with Crippen LogP contribution in [-0.4, -0.2) is 33.0 Å². The Kier molecular flexibility index (Phi) is 5.42. The van der Waals surface area contributed by atoms with Gasteiger partial charge < -0.3 is 14.8 Å². The molecule has 0 aromatic carbocycles. The summed E-state index contributed by atoms with van der Waals surface area (Å²) in [6.45, 7) is 3.87. The van der Waals surface area contributed by atoms with Gasteiger partial charge in [-0.2, -0.15) is 0 Å². The molecule has 0 radical (unpaired) electrons. The van der Waals surface area contributed by atoms with Crippen LogP contribution in [0.2, 0.25) is 0 Å². The van der Waals surface area contributed by atoms with Gasteiger partial charge in [-0.1, -0.05) is 6.08 Å². The Bertz CT molecular complexity index is 132. The van der Waals surface area contributed by atoms with Crippen molar-refractivity contribution in [2.45, 2.75) is 6.29 Å². The van der Waals surface area contributed by atoms with E-state index in [0.29, 0.717) is 6.54 Å². The molecule has 0 saturated heterocycles. The first-order chi connectivity index (χ1) is 5.26. The second-order valence-electron chi connectivity index (χ2n) is 1.84. The van der Waals surface area contributed by atoms with Crippen molar-refractivity contribution in [3.05, 3.63) is 12.7 Å². The maximum absolute atomic E-state index is 11.0. The number of hydrogen-bond acceptors (Lipinski definition) is 3. The van der Waals surface area contributed by atoms with Crippen LogP contribution in [0.5, 0.6) is 0 Å². The Morgan fingerprint density at radius 1 is 1.64 bits per heavy atom. The van der Waals surface area contributed by atoms with Crippen molar-refractivity contribution in [3.8, 4) is 0 Å². The van der Waals surface area contributed by atoms with Gasteiger partial charge in [-0.3, -0.25) is 4.79 Å². The maximum Gasteiger partial charge on any atom is 0.277 e. The van der Waals surface area contributed by atoms with Crippen molar-refractivity contribution >= 4 is 5.91 Å². The first-order valence-corrected chi connectivity index (χ1v) is 3.20. The molecule has 0 atom stereocenters. The number of carbonyl (C=O) groups excluding carboxylic acids is 1. The predicted octanol–water partition coefficient (Wildman–Crippen LogP) is -0.0925. The lowest BCUT2D eigenvalue weighted by Gasteiger charge is -2.11. The molecule has 0 heterocycles. The number of rotatable bonds is 5. The van der Waals surface area contributed by atoms with Crippen LogP contribution in [0.3, 0.4) is 0 Å². The van der Waals surface area contributed by atoms with E-state index in [1.54, 1.807) is 6.08 Å². The van der Waals surface area contributed by atoms with Crippen molar-refractivity contribution in [2.24, 2.45) is 0 Å². The highest BCUT2D eigenvalue weighted by molar-refractivity contribution is 5.79. The first-order valence-electron chi connectivity index (χ1n) is 3.20. The van der Waals surface area contributed by atoms with E-state index in [1.807, 2.05) is 0 Å². The fraction of sp³-hybridized carbons (Fsp3) is 0.571. The monoisotopic (exact) mass is 159 g/mol. The molecule has 0 aromatic rings. The lowest BCUT2D eigenvalue weighted by atomic mass is 10.5. The third kappa shape index (κ3) is 3.75. The van der Waals surface area contributed by atoms with Gasteiger partial charge in [0, 0.05) is 20.8 Å². The van der Waals surface area contributed by atoms with Gasteiger partial charge in [-0.15, -0.1) is 6.58 Å². The smallest absolute Gasteiger partial charge is 0.277 e. The molecular formula is C7H13NO3. The van der Waals surface area contributed by atoms with Crippen LogP contribution in [0.4, 0.5) is 0 Å². The van der Waals surface area contributed by atoms with Crippen LogP contribution in [0.1, 0.15) is 0 Å². The minimum absolute atomic E-state index is 0.296. The zero-order valence-corrected chi connectivity index (χ0v) is 6.79. The highest BCUT2D eigenvalue weighted by Crippen LogP contribution is 1.89. The lowest BCUT2D eigenvalue weighted by molar-refractivity contribution is -0.158. The molecule has 0 saturated carbocycles. The molecule has 1 N–H and O–H groups in total. The fourth-order valence-electron chi connectivity index (χ4n) is 0.566. The second kappa shape index (κ2) is 5.88. The molecule has 1 amide bonds. The second-order valence-corrected chi connectivity index (χ2v) is 1.84. The SMILES string of the molecule is C=CCNC(=O)C(OC)OC. The van der Waals surface area contributed by atoms with Gasteiger partial charge in [0.25, 0.3) is 5.91 Å². The third-order valence-corrected chi connectivity index (χ3v) is 1.06. The average molecular weight is 159 g/mol. The van der Waals surface area contributed by atoms with Crippen molar-refractivity contribution in [1.82, 2.24) is 5.32 Å². The molecule has 0 spiro atoms. The maximum atomic E-state index is 11.0. The lowest BCUT2D eigenvalue weighted by Crippen LogP contribution is -2.36. The summed E-state index contributed by atoms with van der Waals surface area (Å²) in [6.07, 6.45) is 0.759. The summed E-state index contributed by atoms with van der Waals surface area (Å²) >= 11 is 0. The Labute approximate surface area is 66.2 Å². The van der Waals surface area contributed by atoms with Gasteiger partial charge in [-0.25, -0.2) is 0 Å². The number of carbonyl (C=O) groups is 1. The van der Waals surface area contributed by atoms with E-state index in [9.17, 15) is 4.79 Å². The van der Waals surface area contributed by atoms with Crippen molar-refractivity contribution in [1.29, 1.82) is 0 Å². The molecule has 4 heteroatoms. The molecule has 64 valence electrons. The normalized spacial score (nSPS) is 9.73. The molecule has 0 unspecified atom stereocenters. The minimum Gasteiger partial charge on any atom is -0.348 e. The van der Waals surface area contributed by atoms with Gasteiger partial charge >= 0.3 is 0 Å². The van der Waals surface area contributed by atoms with Crippen LogP contribution in [0.15, 0.2) is 12.7 Å². The molecule has 0 fully saturated rings. The topological polar surface area (TPSA) is 47.6 Å². The number of nitrogens with one attached hydrogen (secondary N) is 1. The van der Waals surface area contributed by atoms with E-state index < -0.39 is 6.29 Å². The van der Waals surface area contributed by atoms with E-state index in [-0.39, 0.29) is 5.91 Å². The number of ether oxygens (including phenoxy) is 2. The van der Waals surface area contributed by atoms with Crippen LogP contribution >= 0.6 is 0 Å². The minimum atomic E-state index is -0.824. The molecule has 0 aliphatic carbocycles. The number of amides is 1. The van der Waals surface area contributed by atoms with Gasteiger partial charge in [0.1, 0.15) is 0 Å². The summed E-state index contributed by atoms with van der Waals surface area (Å²) in [6, 6.07) is 0. The van der Waals surface area contributed by atoms with E-state index in [4.69, 9.17) is 0 Å². The Balaban J connectivity index is 3.69. The summed E-state index contributed by atoms with van der Waals surface area (Å²) in [7, 11) is 2.81. The van der Waals surface area contributed by atoms with Crippen molar-refractivity contribution in [2.75, 3.05) is 20.8 Å². The fourth-order valence-corrected chi connectivity index (χ4v) is 0.566. The Hall–Kier alpha value is -0.870. The largest absolute Gasteiger partial charge is 0.348 e. The van der Waals surface area contributed by atoms with E-state index >= 15 is 0 Å². The summed E-state index contributed by atoms with van der Waals surface area (Å²) < 4.78 is 9.38. The Morgan fingerprint density at radius 2 is 2.18 bits per heavy atom. The molecule has 0 bridgehead atoms. The predicted molar refractivity (Wildman–Crippen MR) is 41.0 cm³/mol. The molecule has 11 heavy (non-hydrogen) atoms. The van der Waals surface area contributed by atoms with E-state index in [1.165, 1.54) is 14.2 Å². The number of hydrogen-bond donors (Lipinski definition) is 1. The van der Waals surface area contributed by atoms with Crippen LogP contribution in [0, 0.1) is 0 Å². The first kappa shape index (κ1) is 10.1. The quantitative estimate of drug-likeness (QED) is 0.450. The summed E-state index contributed by atoms with van der Waals surface area (Å²) in [5, 5.41) is 2.53. The highest BCUT2D eigenvalue weighted by Gasteiger charge is 2.14. The highest BCUT2D eigenvalue weighted by atomic mass is 16.7. The summed E-state index contributed by atoms with van der Waals surface area (Å²) in [5.74, 6) is -0.296. The average Bonchev–Trinajstić information content (AvgIpc) is 2.03. The summed E-state index contributed by atoms with van der Waals surface area (Å²) in [5.41, 5.74) is 0. The third-order valence-electron chi connectivity index (χ3n) is 1.06. The molecule has 0 aliphatic rings. The van der Waals surface area contributed by atoms with Gasteiger partial charge in [0.05, 0.1) is 0 Å². The van der Waals surface area contributed by atoms with Crippen LogP contribution in [-0.2, 0) is 14.3 Å². The standard InChI is InChI=1S/C7H13NO3/c1-4-5-8-6(9)7(10-2)11-3/h4,7H,1,5H2,2-3H3,(H,8,9). The molecule has 0 aromatic heterocycles.